The molecule has 20 heavy (non-hydrogen) atoms. The topological polar surface area (TPSA) is 107 Å². The maximum Gasteiger partial charge on any atom is 0.326 e. The van der Waals surface area contributed by atoms with E-state index in [4.69, 9.17) is 5.11 Å². The Bertz CT molecular complexity index is 440. The number of hydrogen-bond donors (Lipinski definition) is 4. The number of nitrogens with zero attached hydrogens (tertiary/aromatic N) is 1. The first-order chi connectivity index (χ1) is 9.65. The van der Waals surface area contributed by atoms with E-state index >= 15 is 0 Å². The fourth-order valence-corrected chi connectivity index (χ4v) is 2.43. The van der Waals surface area contributed by atoms with Gasteiger partial charge >= 0.3 is 5.97 Å². The van der Waals surface area contributed by atoms with Crippen molar-refractivity contribution >= 4 is 11.9 Å². The molecule has 0 aliphatic carbocycles. The number of aromatic amines is 1. The van der Waals surface area contributed by atoms with E-state index in [9.17, 15) is 9.59 Å². The molecule has 0 spiro atoms. The van der Waals surface area contributed by atoms with Crippen molar-refractivity contribution in [1.29, 1.82) is 0 Å². The van der Waals surface area contributed by atoms with Gasteiger partial charge in [0.1, 0.15) is 6.04 Å². The molecule has 0 saturated carbocycles. The second-order valence-corrected chi connectivity index (χ2v) is 5.16. The van der Waals surface area contributed by atoms with Crippen LogP contribution in [0.5, 0.6) is 0 Å². The SMILES string of the molecule is O=C(CC1CCCNC1)N[C@H](Cc1cnc[nH]1)C(=O)O. The first-order valence-corrected chi connectivity index (χ1v) is 6.85. The van der Waals surface area contributed by atoms with Crippen molar-refractivity contribution in [3.05, 3.63) is 18.2 Å². The van der Waals surface area contributed by atoms with Gasteiger partial charge in [0.2, 0.25) is 5.91 Å². The predicted octanol–water partition coefficient (Wildman–Crippen LogP) is -0.0887. The number of carbonyl (C=O) groups excluding carboxylic acids is 1. The largest absolute Gasteiger partial charge is 0.480 e. The smallest absolute Gasteiger partial charge is 0.326 e. The van der Waals surface area contributed by atoms with Crippen LogP contribution in [0.4, 0.5) is 0 Å². The van der Waals surface area contributed by atoms with Gasteiger partial charge in [-0.25, -0.2) is 9.78 Å². The minimum absolute atomic E-state index is 0.203. The molecule has 2 rings (SSSR count). The second-order valence-electron chi connectivity index (χ2n) is 5.16. The fourth-order valence-electron chi connectivity index (χ4n) is 2.43. The fraction of sp³-hybridized carbons (Fsp3) is 0.615. The highest BCUT2D eigenvalue weighted by Gasteiger charge is 2.23. The van der Waals surface area contributed by atoms with Crippen LogP contribution in [-0.2, 0) is 16.0 Å². The summed E-state index contributed by atoms with van der Waals surface area (Å²) in [6.07, 6.45) is 5.72. The molecule has 2 atom stereocenters. The van der Waals surface area contributed by atoms with Crippen molar-refractivity contribution in [2.24, 2.45) is 5.92 Å². The Balaban J connectivity index is 1.83. The van der Waals surface area contributed by atoms with Gasteiger partial charge in [-0.2, -0.15) is 0 Å². The molecule has 0 radical (unpaired) electrons. The van der Waals surface area contributed by atoms with Crippen molar-refractivity contribution in [3.8, 4) is 0 Å². The van der Waals surface area contributed by atoms with Gasteiger partial charge in [-0.1, -0.05) is 0 Å². The molecule has 1 fully saturated rings. The van der Waals surface area contributed by atoms with Gasteiger partial charge in [0, 0.05) is 24.7 Å². The molecule has 1 unspecified atom stereocenters. The third-order valence-electron chi connectivity index (χ3n) is 3.49. The summed E-state index contributed by atoms with van der Waals surface area (Å²) >= 11 is 0. The summed E-state index contributed by atoms with van der Waals surface area (Å²) < 4.78 is 0. The van der Waals surface area contributed by atoms with Crippen molar-refractivity contribution < 1.29 is 14.7 Å². The lowest BCUT2D eigenvalue weighted by Gasteiger charge is -2.23. The number of rotatable bonds is 6. The van der Waals surface area contributed by atoms with Crippen molar-refractivity contribution in [3.63, 3.8) is 0 Å². The Labute approximate surface area is 117 Å². The Morgan fingerprint density at radius 1 is 1.55 bits per heavy atom. The number of H-pyrrole nitrogens is 1. The molecule has 1 amide bonds. The number of hydrogen-bond acceptors (Lipinski definition) is 4. The number of carboxylic acid groups (broad SMARTS) is 1. The van der Waals surface area contributed by atoms with Crippen LogP contribution in [0.25, 0.3) is 0 Å². The summed E-state index contributed by atoms with van der Waals surface area (Å²) in [5, 5.41) is 15.0. The van der Waals surface area contributed by atoms with E-state index in [1.807, 2.05) is 0 Å². The maximum atomic E-state index is 11.9. The normalized spacial score (nSPS) is 20.3. The predicted molar refractivity (Wildman–Crippen MR) is 72.1 cm³/mol. The number of carbonyl (C=O) groups is 2. The lowest BCUT2D eigenvalue weighted by Crippen LogP contribution is -2.44. The minimum Gasteiger partial charge on any atom is -0.480 e. The molecular weight excluding hydrogens is 260 g/mol. The monoisotopic (exact) mass is 280 g/mol. The van der Waals surface area contributed by atoms with E-state index in [-0.39, 0.29) is 12.3 Å². The van der Waals surface area contributed by atoms with Crippen LogP contribution in [0.1, 0.15) is 25.0 Å². The van der Waals surface area contributed by atoms with Gasteiger partial charge in [0.05, 0.1) is 6.33 Å². The molecule has 2 heterocycles. The van der Waals surface area contributed by atoms with Gasteiger partial charge < -0.3 is 20.7 Å². The first-order valence-electron chi connectivity index (χ1n) is 6.85. The molecular formula is C13H20N4O3. The van der Waals surface area contributed by atoms with Gasteiger partial charge in [0.25, 0.3) is 0 Å². The highest BCUT2D eigenvalue weighted by atomic mass is 16.4. The number of aliphatic carboxylic acids is 1. The minimum atomic E-state index is -1.03. The van der Waals surface area contributed by atoms with E-state index in [0.717, 1.165) is 25.9 Å². The average Bonchev–Trinajstić information content (AvgIpc) is 2.92. The lowest BCUT2D eigenvalue weighted by molar-refractivity contribution is -0.142. The Kier molecular flexibility index (Phi) is 5.11. The van der Waals surface area contributed by atoms with Crippen LogP contribution in [-0.4, -0.2) is 46.1 Å². The number of aromatic nitrogens is 2. The van der Waals surface area contributed by atoms with Gasteiger partial charge in [-0.15, -0.1) is 0 Å². The molecule has 1 aliphatic rings. The number of carboxylic acids is 1. The van der Waals surface area contributed by atoms with Crippen molar-refractivity contribution in [1.82, 2.24) is 20.6 Å². The zero-order valence-corrected chi connectivity index (χ0v) is 11.3. The summed E-state index contributed by atoms with van der Waals surface area (Å²) in [6.45, 7) is 1.82. The summed E-state index contributed by atoms with van der Waals surface area (Å²) in [7, 11) is 0. The van der Waals surface area contributed by atoms with Crippen LogP contribution >= 0.6 is 0 Å². The molecule has 7 nitrogen and oxygen atoms in total. The standard InChI is InChI=1S/C13H20N4O3/c18-12(4-9-2-1-3-14-6-9)17-11(13(19)20)5-10-7-15-8-16-10/h7-9,11,14H,1-6H2,(H,15,16)(H,17,18)(H,19,20)/t9?,11-/m1/s1. The van der Waals surface area contributed by atoms with Gasteiger partial charge in [-0.3, -0.25) is 4.79 Å². The Morgan fingerprint density at radius 3 is 3.00 bits per heavy atom. The van der Waals surface area contributed by atoms with Gasteiger partial charge in [-0.05, 0) is 31.8 Å². The van der Waals surface area contributed by atoms with E-state index in [1.54, 1.807) is 6.20 Å². The van der Waals surface area contributed by atoms with E-state index in [0.29, 0.717) is 18.0 Å². The van der Waals surface area contributed by atoms with E-state index in [1.165, 1.54) is 6.33 Å². The molecule has 1 aliphatic heterocycles. The average molecular weight is 280 g/mol. The van der Waals surface area contributed by atoms with E-state index in [2.05, 4.69) is 20.6 Å². The number of imidazole rings is 1. The van der Waals surface area contributed by atoms with Crippen molar-refractivity contribution in [2.75, 3.05) is 13.1 Å². The summed E-state index contributed by atoms with van der Waals surface area (Å²) in [5.74, 6) is -0.939. The second kappa shape index (κ2) is 7.04. The molecule has 1 aromatic heterocycles. The molecule has 0 bridgehead atoms. The van der Waals surface area contributed by atoms with E-state index < -0.39 is 12.0 Å². The third-order valence-corrected chi connectivity index (χ3v) is 3.49. The molecule has 1 aromatic rings. The number of piperidine rings is 1. The first kappa shape index (κ1) is 14.5. The number of nitrogens with one attached hydrogen (secondary N) is 3. The van der Waals surface area contributed by atoms with Crippen LogP contribution in [0.3, 0.4) is 0 Å². The Morgan fingerprint density at radius 2 is 2.40 bits per heavy atom. The molecule has 110 valence electrons. The van der Waals surface area contributed by atoms with Crippen LogP contribution in [0.2, 0.25) is 0 Å². The quantitative estimate of drug-likeness (QED) is 0.582. The maximum absolute atomic E-state index is 11.9. The molecule has 1 saturated heterocycles. The van der Waals surface area contributed by atoms with Gasteiger partial charge in [0.15, 0.2) is 0 Å². The van der Waals surface area contributed by atoms with Crippen LogP contribution < -0.4 is 10.6 Å². The summed E-state index contributed by atoms with van der Waals surface area (Å²) in [5.41, 5.74) is 0.692. The third kappa shape index (κ3) is 4.34. The summed E-state index contributed by atoms with van der Waals surface area (Å²) in [4.78, 5) is 29.8. The highest BCUT2D eigenvalue weighted by Crippen LogP contribution is 2.13. The zero-order valence-electron chi connectivity index (χ0n) is 11.3. The molecule has 7 heteroatoms. The zero-order chi connectivity index (χ0) is 14.4. The summed E-state index contributed by atoms with van der Waals surface area (Å²) in [6, 6.07) is -0.917. The molecule has 0 aromatic carbocycles. The lowest BCUT2D eigenvalue weighted by atomic mass is 9.95. The Hall–Kier alpha value is -1.89. The highest BCUT2D eigenvalue weighted by molar-refractivity contribution is 5.83. The van der Waals surface area contributed by atoms with Crippen molar-refractivity contribution in [2.45, 2.75) is 31.7 Å². The number of amides is 1. The molecule has 4 N–H and O–H groups in total. The van der Waals surface area contributed by atoms with Crippen LogP contribution in [0.15, 0.2) is 12.5 Å². The van der Waals surface area contributed by atoms with Crippen LogP contribution in [0, 0.1) is 5.92 Å².